The highest BCUT2D eigenvalue weighted by atomic mass is 32.2. The second kappa shape index (κ2) is 7.14. The predicted octanol–water partition coefficient (Wildman–Crippen LogP) is 1.72. The van der Waals surface area contributed by atoms with E-state index in [1.807, 2.05) is 0 Å². The smallest absolute Gasteiger partial charge is 0.294 e. The number of imide groups is 1. The van der Waals surface area contributed by atoms with E-state index in [9.17, 15) is 18.8 Å². The number of benzene rings is 1. The largest absolute Gasteiger partial charge is 0.378 e. The summed E-state index contributed by atoms with van der Waals surface area (Å²) in [5.41, 5.74) is 0.486. The third-order valence-electron chi connectivity index (χ3n) is 3.68. The van der Waals surface area contributed by atoms with Crippen LogP contribution in [0.5, 0.6) is 0 Å². The Bertz CT molecular complexity index is 716. The van der Waals surface area contributed by atoms with Crippen LogP contribution < -0.4 is 0 Å². The zero-order valence-corrected chi connectivity index (χ0v) is 13.6. The quantitative estimate of drug-likeness (QED) is 0.777. The van der Waals surface area contributed by atoms with Crippen LogP contribution in [0.15, 0.2) is 29.2 Å². The molecule has 0 radical (unpaired) electrons. The molecule has 0 aliphatic carbocycles. The summed E-state index contributed by atoms with van der Waals surface area (Å²) in [4.78, 5) is 39.3. The van der Waals surface area contributed by atoms with Crippen LogP contribution >= 0.6 is 11.8 Å². The molecule has 0 atom stereocenters. The van der Waals surface area contributed by atoms with Crippen molar-refractivity contribution in [3.05, 3.63) is 40.6 Å². The van der Waals surface area contributed by atoms with Crippen molar-refractivity contribution in [2.45, 2.75) is 0 Å². The van der Waals surface area contributed by atoms with Crippen molar-refractivity contribution in [1.29, 1.82) is 0 Å². The van der Waals surface area contributed by atoms with Gasteiger partial charge in [0.25, 0.3) is 11.1 Å². The van der Waals surface area contributed by atoms with E-state index in [0.29, 0.717) is 31.9 Å². The summed E-state index contributed by atoms with van der Waals surface area (Å²) in [5.74, 6) is -1.24. The molecule has 2 aliphatic heterocycles. The molecule has 24 heavy (non-hydrogen) atoms. The number of thioether (sulfide) groups is 1. The van der Waals surface area contributed by atoms with Crippen LogP contribution in [0.2, 0.25) is 0 Å². The number of morpholine rings is 1. The number of amides is 3. The first-order chi connectivity index (χ1) is 11.5. The number of halogens is 1. The molecule has 8 heteroatoms. The average Bonchev–Trinajstić information content (AvgIpc) is 2.83. The normalized spacial score (nSPS) is 20.1. The van der Waals surface area contributed by atoms with Crippen molar-refractivity contribution in [2.75, 3.05) is 32.8 Å². The fourth-order valence-corrected chi connectivity index (χ4v) is 3.27. The Kier molecular flexibility index (Phi) is 4.96. The fourth-order valence-electron chi connectivity index (χ4n) is 2.43. The van der Waals surface area contributed by atoms with Crippen LogP contribution in [0.3, 0.4) is 0 Å². The zero-order valence-electron chi connectivity index (χ0n) is 12.7. The molecule has 0 saturated carbocycles. The minimum atomic E-state index is -0.532. The van der Waals surface area contributed by atoms with Crippen LogP contribution in [-0.4, -0.2) is 59.7 Å². The molecule has 2 aliphatic rings. The summed E-state index contributed by atoms with van der Waals surface area (Å²) >= 11 is 0.752. The zero-order chi connectivity index (χ0) is 17.1. The van der Waals surface area contributed by atoms with E-state index in [0.717, 1.165) is 16.7 Å². The molecule has 0 spiro atoms. The second-order valence-electron chi connectivity index (χ2n) is 5.32. The molecule has 2 fully saturated rings. The van der Waals surface area contributed by atoms with Gasteiger partial charge in [0.05, 0.1) is 18.1 Å². The van der Waals surface area contributed by atoms with Gasteiger partial charge in [-0.2, -0.15) is 0 Å². The van der Waals surface area contributed by atoms with Gasteiger partial charge in [0.2, 0.25) is 5.91 Å². The molecular formula is C16H15FN2O4S. The molecule has 0 bridgehead atoms. The summed E-state index contributed by atoms with van der Waals surface area (Å²) in [7, 11) is 0. The highest BCUT2D eigenvalue weighted by Crippen LogP contribution is 2.32. The minimum absolute atomic E-state index is 0.181. The van der Waals surface area contributed by atoms with Gasteiger partial charge in [0.1, 0.15) is 12.4 Å². The second-order valence-corrected chi connectivity index (χ2v) is 6.31. The monoisotopic (exact) mass is 350 g/mol. The molecule has 126 valence electrons. The maximum absolute atomic E-state index is 13.2. The lowest BCUT2D eigenvalue weighted by molar-refractivity contribution is -0.139. The van der Waals surface area contributed by atoms with Gasteiger partial charge < -0.3 is 9.64 Å². The van der Waals surface area contributed by atoms with Gasteiger partial charge in [-0.15, -0.1) is 0 Å². The van der Waals surface area contributed by atoms with Crippen LogP contribution in [0.1, 0.15) is 5.56 Å². The highest BCUT2D eigenvalue weighted by Gasteiger charge is 2.37. The fraction of sp³-hybridized carbons (Fsp3) is 0.312. The molecule has 0 N–H and O–H groups in total. The van der Waals surface area contributed by atoms with E-state index < -0.39 is 17.0 Å². The molecule has 1 aromatic carbocycles. The van der Waals surface area contributed by atoms with Crippen molar-refractivity contribution in [2.24, 2.45) is 0 Å². The summed E-state index contributed by atoms with van der Waals surface area (Å²) in [5, 5.41) is -0.496. The van der Waals surface area contributed by atoms with Crippen molar-refractivity contribution in [1.82, 2.24) is 9.80 Å². The van der Waals surface area contributed by atoms with Crippen molar-refractivity contribution >= 4 is 34.9 Å². The van der Waals surface area contributed by atoms with Gasteiger partial charge in [0.15, 0.2) is 0 Å². The lowest BCUT2D eigenvalue weighted by atomic mass is 10.2. The average molecular weight is 350 g/mol. The predicted molar refractivity (Wildman–Crippen MR) is 86.5 cm³/mol. The first-order valence-corrected chi connectivity index (χ1v) is 8.23. The Hall–Kier alpha value is -2.19. The van der Waals surface area contributed by atoms with Crippen molar-refractivity contribution in [3.63, 3.8) is 0 Å². The van der Waals surface area contributed by atoms with E-state index in [4.69, 9.17) is 4.74 Å². The molecule has 0 unspecified atom stereocenters. The van der Waals surface area contributed by atoms with E-state index in [-0.39, 0.29) is 17.4 Å². The molecule has 1 aromatic rings. The Morgan fingerprint density at radius 2 is 2.04 bits per heavy atom. The van der Waals surface area contributed by atoms with Crippen LogP contribution in [-0.2, 0) is 14.3 Å². The third-order valence-corrected chi connectivity index (χ3v) is 4.58. The molecule has 2 saturated heterocycles. The maximum Gasteiger partial charge on any atom is 0.294 e. The highest BCUT2D eigenvalue weighted by molar-refractivity contribution is 8.18. The van der Waals surface area contributed by atoms with E-state index >= 15 is 0 Å². The number of carbonyl (C=O) groups excluding carboxylic acids is 3. The Labute approximate surface area is 142 Å². The molecule has 6 nitrogen and oxygen atoms in total. The number of ether oxygens (including phenoxy) is 1. The van der Waals surface area contributed by atoms with E-state index in [2.05, 4.69) is 0 Å². The first-order valence-electron chi connectivity index (χ1n) is 7.41. The Balaban J connectivity index is 1.71. The Morgan fingerprint density at radius 3 is 2.75 bits per heavy atom. The third kappa shape index (κ3) is 3.65. The van der Waals surface area contributed by atoms with Crippen LogP contribution in [0, 0.1) is 5.82 Å². The number of hydrogen-bond acceptors (Lipinski definition) is 5. The van der Waals surface area contributed by atoms with Crippen molar-refractivity contribution in [3.8, 4) is 0 Å². The molecular weight excluding hydrogens is 335 g/mol. The number of hydrogen-bond donors (Lipinski definition) is 0. The van der Waals surface area contributed by atoms with Crippen molar-refractivity contribution < 1.29 is 23.5 Å². The van der Waals surface area contributed by atoms with Crippen LogP contribution in [0.25, 0.3) is 6.08 Å². The lowest BCUT2D eigenvalue weighted by Gasteiger charge is -2.28. The summed E-state index contributed by atoms with van der Waals surface area (Å²) in [6.07, 6.45) is 1.45. The SMILES string of the molecule is O=C(CN1C(=O)S/C(=C/c2cccc(F)c2)C1=O)N1CCOCC1. The Morgan fingerprint density at radius 1 is 1.29 bits per heavy atom. The number of carbonyl (C=O) groups is 3. The van der Waals surface area contributed by atoms with E-state index in [1.54, 1.807) is 11.0 Å². The van der Waals surface area contributed by atoms with E-state index in [1.165, 1.54) is 24.3 Å². The molecule has 3 rings (SSSR count). The standard InChI is InChI=1S/C16H15FN2O4S/c17-12-3-1-2-11(8-12)9-13-15(21)19(16(22)24-13)10-14(20)18-4-6-23-7-5-18/h1-3,8-9H,4-7,10H2/b13-9+. The summed E-state index contributed by atoms with van der Waals surface area (Å²) < 4.78 is 18.4. The number of nitrogens with zero attached hydrogens (tertiary/aromatic N) is 2. The van der Waals surface area contributed by atoms with Gasteiger partial charge in [-0.1, -0.05) is 12.1 Å². The summed E-state index contributed by atoms with van der Waals surface area (Å²) in [6, 6.07) is 5.72. The molecule has 0 aromatic heterocycles. The molecule has 3 amide bonds. The minimum Gasteiger partial charge on any atom is -0.378 e. The van der Waals surface area contributed by atoms with Gasteiger partial charge in [-0.25, -0.2) is 4.39 Å². The molecule has 2 heterocycles. The van der Waals surface area contributed by atoms with Gasteiger partial charge in [-0.3, -0.25) is 19.3 Å². The topological polar surface area (TPSA) is 66.9 Å². The number of rotatable bonds is 3. The van der Waals surface area contributed by atoms with Gasteiger partial charge in [0, 0.05) is 13.1 Å². The maximum atomic E-state index is 13.2. The van der Waals surface area contributed by atoms with Gasteiger partial charge >= 0.3 is 0 Å². The lowest BCUT2D eigenvalue weighted by Crippen LogP contribution is -2.46. The summed E-state index contributed by atoms with van der Waals surface area (Å²) in [6.45, 7) is 1.52. The first kappa shape index (κ1) is 16.7. The van der Waals surface area contributed by atoms with Crippen LogP contribution in [0.4, 0.5) is 9.18 Å². The van der Waals surface area contributed by atoms with Gasteiger partial charge in [-0.05, 0) is 35.5 Å².